The molecule has 1 aliphatic rings. The highest BCUT2D eigenvalue weighted by atomic mass is 35.5. The van der Waals surface area contributed by atoms with Crippen molar-refractivity contribution in [3.63, 3.8) is 0 Å². The van der Waals surface area contributed by atoms with Crippen LogP contribution < -0.4 is 4.90 Å². The van der Waals surface area contributed by atoms with Crippen LogP contribution >= 0.6 is 11.6 Å². The predicted octanol–water partition coefficient (Wildman–Crippen LogP) is 4.64. The summed E-state index contributed by atoms with van der Waals surface area (Å²) in [7, 11) is 0. The molecule has 1 amide bonds. The lowest BCUT2D eigenvalue weighted by atomic mass is 9.96. The summed E-state index contributed by atoms with van der Waals surface area (Å²) in [6.45, 7) is 0. The lowest BCUT2D eigenvalue weighted by molar-refractivity contribution is -0.132. The second kappa shape index (κ2) is 7.68. The lowest BCUT2D eigenvalue weighted by Gasteiger charge is -2.25. The second-order valence-corrected chi connectivity index (χ2v) is 7.00. The summed E-state index contributed by atoms with van der Waals surface area (Å²) in [5.41, 5.74) is 0.0365. The van der Waals surface area contributed by atoms with Gasteiger partial charge in [-0.2, -0.15) is 0 Å². The number of amides is 1. The fourth-order valence-corrected chi connectivity index (χ4v) is 3.59. The van der Waals surface area contributed by atoms with Gasteiger partial charge in [0.1, 0.15) is 17.4 Å². The van der Waals surface area contributed by atoms with Crippen molar-refractivity contribution in [1.29, 1.82) is 0 Å². The molecular formula is C22H13ClF2N2O3. The van der Waals surface area contributed by atoms with Gasteiger partial charge in [0.15, 0.2) is 0 Å². The van der Waals surface area contributed by atoms with E-state index < -0.39 is 35.1 Å². The first kappa shape index (κ1) is 19.7. The van der Waals surface area contributed by atoms with Gasteiger partial charge in [-0.05, 0) is 35.9 Å². The number of pyridine rings is 1. The third-order valence-electron chi connectivity index (χ3n) is 4.71. The Morgan fingerprint density at radius 3 is 2.53 bits per heavy atom. The Labute approximate surface area is 174 Å². The molecule has 0 aliphatic carbocycles. The van der Waals surface area contributed by atoms with Gasteiger partial charge in [0, 0.05) is 29.0 Å². The zero-order chi connectivity index (χ0) is 21.4. The van der Waals surface area contributed by atoms with E-state index in [-0.39, 0.29) is 16.8 Å². The summed E-state index contributed by atoms with van der Waals surface area (Å²) >= 11 is 5.98. The van der Waals surface area contributed by atoms with Crippen LogP contribution in [-0.2, 0) is 9.59 Å². The van der Waals surface area contributed by atoms with Crippen LogP contribution in [0.15, 0.2) is 72.6 Å². The van der Waals surface area contributed by atoms with E-state index in [2.05, 4.69) is 4.98 Å². The molecule has 0 spiro atoms. The Morgan fingerprint density at radius 2 is 1.87 bits per heavy atom. The van der Waals surface area contributed by atoms with Gasteiger partial charge in [-0.1, -0.05) is 29.8 Å². The zero-order valence-corrected chi connectivity index (χ0v) is 16.0. The smallest absolute Gasteiger partial charge is 0.300 e. The predicted molar refractivity (Wildman–Crippen MR) is 107 cm³/mol. The van der Waals surface area contributed by atoms with E-state index in [1.54, 1.807) is 24.3 Å². The number of ketones is 1. The maximum absolute atomic E-state index is 14.5. The van der Waals surface area contributed by atoms with Crippen LogP contribution in [0.4, 0.5) is 14.5 Å². The number of aromatic nitrogens is 1. The molecule has 150 valence electrons. The number of aliphatic hydroxyl groups is 1. The molecular weight excluding hydrogens is 414 g/mol. The molecule has 1 saturated heterocycles. The summed E-state index contributed by atoms with van der Waals surface area (Å²) < 4.78 is 27.9. The summed E-state index contributed by atoms with van der Waals surface area (Å²) in [5, 5.41) is 11.2. The van der Waals surface area contributed by atoms with Crippen LogP contribution in [0.25, 0.3) is 5.76 Å². The van der Waals surface area contributed by atoms with E-state index in [0.29, 0.717) is 16.7 Å². The van der Waals surface area contributed by atoms with Crippen LogP contribution in [0.3, 0.4) is 0 Å². The number of Topliss-reactive ketones (excluding diaryl/α,β-unsaturated/α-hetero) is 1. The van der Waals surface area contributed by atoms with Gasteiger partial charge in [0.25, 0.3) is 11.7 Å². The lowest BCUT2D eigenvalue weighted by Crippen LogP contribution is -2.30. The van der Waals surface area contributed by atoms with E-state index >= 15 is 0 Å². The van der Waals surface area contributed by atoms with Crippen molar-refractivity contribution in [3.05, 3.63) is 100 Å². The number of halogens is 3. The zero-order valence-electron chi connectivity index (χ0n) is 15.2. The van der Waals surface area contributed by atoms with Crippen LogP contribution in [0.5, 0.6) is 0 Å². The second-order valence-electron chi connectivity index (χ2n) is 6.56. The maximum atomic E-state index is 14.5. The molecule has 1 atom stereocenters. The van der Waals surface area contributed by atoms with Crippen LogP contribution in [0.1, 0.15) is 17.2 Å². The number of nitrogens with zero attached hydrogens (tertiary/aromatic N) is 2. The first-order valence-corrected chi connectivity index (χ1v) is 9.18. The van der Waals surface area contributed by atoms with Crippen molar-refractivity contribution in [1.82, 2.24) is 4.98 Å². The molecule has 1 N–H and O–H groups in total. The maximum Gasteiger partial charge on any atom is 0.300 e. The minimum absolute atomic E-state index is 0.217. The minimum Gasteiger partial charge on any atom is -0.507 e. The molecule has 4 rings (SSSR count). The molecule has 3 aromatic rings. The fourth-order valence-electron chi connectivity index (χ4n) is 3.40. The Hall–Kier alpha value is -3.58. The number of anilines is 1. The van der Waals surface area contributed by atoms with Crippen molar-refractivity contribution < 1.29 is 23.5 Å². The molecule has 2 heterocycles. The summed E-state index contributed by atoms with van der Waals surface area (Å²) in [6, 6.07) is 10.8. The van der Waals surface area contributed by atoms with Gasteiger partial charge in [-0.3, -0.25) is 19.5 Å². The van der Waals surface area contributed by atoms with Crippen LogP contribution in [0, 0.1) is 11.6 Å². The van der Waals surface area contributed by atoms with Gasteiger partial charge < -0.3 is 5.11 Å². The molecule has 1 unspecified atom stereocenters. The number of aliphatic hydroxyl groups excluding tert-OH is 1. The average Bonchev–Trinajstić information content (AvgIpc) is 2.99. The highest BCUT2D eigenvalue weighted by molar-refractivity contribution is 6.51. The molecule has 1 aliphatic heterocycles. The van der Waals surface area contributed by atoms with Gasteiger partial charge in [-0.25, -0.2) is 8.78 Å². The fraction of sp³-hybridized carbons (Fsp3) is 0.0455. The van der Waals surface area contributed by atoms with Crippen molar-refractivity contribution in [2.45, 2.75) is 6.04 Å². The van der Waals surface area contributed by atoms with Gasteiger partial charge in [0.05, 0.1) is 17.3 Å². The quantitative estimate of drug-likeness (QED) is 0.376. The number of carbonyl (C=O) groups is 2. The minimum atomic E-state index is -1.17. The van der Waals surface area contributed by atoms with E-state index in [4.69, 9.17) is 11.6 Å². The highest BCUT2D eigenvalue weighted by Crippen LogP contribution is 2.42. The van der Waals surface area contributed by atoms with Gasteiger partial charge in [-0.15, -0.1) is 0 Å². The van der Waals surface area contributed by atoms with Gasteiger partial charge in [0.2, 0.25) is 0 Å². The highest BCUT2D eigenvalue weighted by Gasteiger charge is 2.47. The first-order chi connectivity index (χ1) is 14.4. The number of hydrogen-bond donors (Lipinski definition) is 1. The molecule has 0 bridgehead atoms. The molecule has 0 saturated carbocycles. The van der Waals surface area contributed by atoms with E-state index in [1.165, 1.54) is 24.5 Å². The SMILES string of the molecule is O=C1C(=O)N(c2ccc(F)cc2F)C(c2cccnc2)/C1=C(\O)c1cccc(Cl)c1. The van der Waals surface area contributed by atoms with E-state index in [1.807, 2.05) is 0 Å². The van der Waals surface area contributed by atoms with E-state index in [9.17, 15) is 23.5 Å². The molecule has 5 nitrogen and oxygen atoms in total. The molecule has 1 aromatic heterocycles. The Kier molecular flexibility index (Phi) is 5.05. The normalized spacial score (nSPS) is 18.1. The topological polar surface area (TPSA) is 70.5 Å². The van der Waals surface area contributed by atoms with Crippen LogP contribution in [0.2, 0.25) is 5.02 Å². The Morgan fingerprint density at radius 1 is 1.07 bits per heavy atom. The van der Waals surface area contributed by atoms with Crippen LogP contribution in [-0.4, -0.2) is 21.8 Å². The summed E-state index contributed by atoms with van der Waals surface area (Å²) in [4.78, 5) is 30.6. The molecule has 0 radical (unpaired) electrons. The Bertz CT molecular complexity index is 1200. The molecule has 30 heavy (non-hydrogen) atoms. The summed E-state index contributed by atoms with van der Waals surface area (Å²) in [5.74, 6) is -4.38. The molecule has 1 fully saturated rings. The monoisotopic (exact) mass is 426 g/mol. The molecule has 8 heteroatoms. The first-order valence-electron chi connectivity index (χ1n) is 8.80. The van der Waals surface area contributed by atoms with Gasteiger partial charge >= 0.3 is 0 Å². The third-order valence-corrected chi connectivity index (χ3v) is 4.95. The Balaban J connectivity index is 1.97. The average molecular weight is 427 g/mol. The van der Waals surface area contributed by atoms with Crippen molar-refractivity contribution in [2.24, 2.45) is 0 Å². The number of benzene rings is 2. The van der Waals surface area contributed by atoms with Crippen molar-refractivity contribution in [2.75, 3.05) is 4.90 Å². The standard InChI is InChI=1S/C22H13ClF2N2O3/c23-14-5-1-3-12(9-14)20(28)18-19(13-4-2-8-26-11-13)27(22(30)21(18)29)17-7-6-15(24)10-16(17)25/h1-11,19,28H/b20-18+. The summed E-state index contributed by atoms with van der Waals surface area (Å²) in [6.07, 6.45) is 2.89. The van der Waals surface area contributed by atoms with Crippen molar-refractivity contribution in [3.8, 4) is 0 Å². The third kappa shape index (κ3) is 3.33. The number of hydrogen-bond acceptors (Lipinski definition) is 4. The van der Waals surface area contributed by atoms with E-state index in [0.717, 1.165) is 17.0 Å². The molecule has 2 aromatic carbocycles. The number of rotatable bonds is 3. The largest absolute Gasteiger partial charge is 0.507 e. The van der Waals surface area contributed by atoms with Crippen molar-refractivity contribution >= 4 is 34.7 Å². The number of carbonyl (C=O) groups excluding carboxylic acids is 2.